The van der Waals surface area contributed by atoms with E-state index in [4.69, 9.17) is 10.4 Å². The van der Waals surface area contributed by atoms with E-state index < -0.39 is 5.97 Å². The Morgan fingerprint density at radius 3 is 2.59 bits per heavy atom. The molecule has 0 aromatic rings. The molecule has 98 valence electrons. The highest BCUT2D eigenvalue weighted by Gasteiger charge is 2.10. The summed E-state index contributed by atoms with van der Waals surface area (Å²) in [4.78, 5) is 10.6. The van der Waals surface area contributed by atoms with Crippen molar-refractivity contribution in [3.05, 3.63) is 0 Å². The van der Waals surface area contributed by atoms with Crippen LogP contribution in [0.15, 0.2) is 0 Å². The van der Waals surface area contributed by atoms with E-state index in [0.29, 0.717) is 12.5 Å². The molecule has 0 fully saturated rings. The number of carboxylic acids is 1. The first-order valence-electron chi connectivity index (χ1n) is 6.41. The number of hydrogen-bond donors (Lipinski definition) is 2. The molecule has 0 saturated heterocycles. The second-order valence-electron chi connectivity index (χ2n) is 4.64. The van der Waals surface area contributed by atoms with Crippen LogP contribution in [0.4, 0.5) is 0 Å². The van der Waals surface area contributed by atoms with Gasteiger partial charge in [0.15, 0.2) is 0 Å². The molecule has 2 N–H and O–H groups in total. The smallest absolute Gasteiger partial charge is 0.306 e. The summed E-state index contributed by atoms with van der Waals surface area (Å²) in [5.74, 6) is -0.944. The minimum atomic E-state index is -0.706. The van der Waals surface area contributed by atoms with Crippen LogP contribution in [0.1, 0.15) is 52.4 Å². The van der Waals surface area contributed by atoms with Crippen molar-refractivity contribution in [3.63, 3.8) is 0 Å². The van der Waals surface area contributed by atoms with E-state index >= 15 is 0 Å². The summed E-state index contributed by atoms with van der Waals surface area (Å²) in [6.45, 7) is 4.81. The van der Waals surface area contributed by atoms with Crippen molar-refractivity contribution in [1.82, 2.24) is 5.32 Å². The molecule has 2 atom stereocenters. The van der Waals surface area contributed by atoms with Gasteiger partial charge in [-0.05, 0) is 39.2 Å². The maximum absolute atomic E-state index is 10.6. The summed E-state index contributed by atoms with van der Waals surface area (Å²) in [6, 6.07) is 2.56. The Bertz CT molecular complexity index is 248. The monoisotopic (exact) mass is 240 g/mol. The normalized spacial score (nSPS) is 13.9. The highest BCUT2D eigenvalue weighted by molar-refractivity contribution is 5.69. The Labute approximate surface area is 104 Å². The lowest BCUT2D eigenvalue weighted by molar-refractivity contribution is -0.141. The molecule has 0 saturated carbocycles. The molecule has 2 unspecified atom stereocenters. The first-order valence-corrected chi connectivity index (χ1v) is 6.41. The Balaban J connectivity index is 3.38. The number of nitrogens with one attached hydrogen (secondary N) is 1. The van der Waals surface area contributed by atoms with Crippen LogP contribution in [-0.4, -0.2) is 23.7 Å². The molecule has 0 heterocycles. The van der Waals surface area contributed by atoms with E-state index in [1.165, 1.54) is 0 Å². The van der Waals surface area contributed by atoms with Crippen molar-refractivity contribution in [3.8, 4) is 6.07 Å². The lowest BCUT2D eigenvalue weighted by Gasteiger charge is -2.14. The standard InChI is InChI=1S/C13H24N2O2/c1-11(13(16)17)7-6-8-12(2)15-10-5-3-4-9-14/h11-12,15H,3-8,10H2,1-2H3,(H,16,17). The van der Waals surface area contributed by atoms with Gasteiger partial charge in [0, 0.05) is 12.5 Å². The van der Waals surface area contributed by atoms with Crippen molar-refractivity contribution in [2.45, 2.75) is 58.4 Å². The molecule has 0 amide bonds. The number of carboxylic acid groups (broad SMARTS) is 1. The van der Waals surface area contributed by atoms with Gasteiger partial charge in [0.25, 0.3) is 0 Å². The molecule has 0 radical (unpaired) electrons. The van der Waals surface area contributed by atoms with Gasteiger partial charge < -0.3 is 10.4 Å². The predicted molar refractivity (Wildman–Crippen MR) is 67.6 cm³/mol. The van der Waals surface area contributed by atoms with Crippen LogP contribution in [0.3, 0.4) is 0 Å². The van der Waals surface area contributed by atoms with Crippen LogP contribution in [0, 0.1) is 17.2 Å². The summed E-state index contributed by atoms with van der Waals surface area (Å²) >= 11 is 0. The summed E-state index contributed by atoms with van der Waals surface area (Å²) in [7, 11) is 0. The molecule has 0 aliphatic heterocycles. The van der Waals surface area contributed by atoms with Crippen LogP contribution >= 0.6 is 0 Å². The average Bonchev–Trinajstić information content (AvgIpc) is 2.28. The first kappa shape index (κ1) is 15.9. The van der Waals surface area contributed by atoms with Gasteiger partial charge in [0.05, 0.1) is 12.0 Å². The second kappa shape index (κ2) is 10.1. The third-order valence-electron chi connectivity index (χ3n) is 2.90. The van der Waals surface area contributed by atoms with Gasteiger partial charge in [-0.25, -0.2) is 0 Å². The zero-order chi connectivity index (χ0) is 13.1. The number of aliphatic carboxylic acids is 1. The first-order chi connectivity index (χ1) is 8.07. The third kappa shape index (κ3) is 9.83. The SMILES string of the molecule is CC(CCCC(C)C(=O)O)NCCCCC#N. The molecule has 0 aliphatic carbocycles. The fourth-order valence-electron chi connectivity index (χ4n) is 1.63. The molecule has 0 aromatic heterocycles. The second-order valence-corrected chi connectivity index (χ2v) is 4.64. The molecule has 4 nitrogen and oxygen atoms in total. The molecule has 0 aromatic carbocycles. The van der Waals surface area contributed by atoms with Crippen molar-refractivity contribution in [2.24, 2.45) is 5.92 Å². The largest absolute Gasteiger partial charge is 0.481 e. The third-order valence-corrected chi connectivity index (χ3v) is 2.90. The van der Waals surface area contributed by atoms with Crippen molar-refractivity contribution < 1.29 is 9.90 Å². The number of unbranched alkanes of at least 4 members (excludes halogenated alkanes) is 2. The highest BCUT2D eigenvalue weighted by Crippen LogP contribution is 2.09. The van der Waals surface area contributed by atoms with Crippen molar-refractivity contribution in [1.29, 1.82) is 5.26 Å². The number of hydrogen-bond acceptors (Lipinski definition) is 3. The van der Waals surface area contributed by atoms with E-state index in [-0.39, 0.29) is 5.92 Å². The highest BCUT2D eigenvalue weighted by atomic mass is 16.4. The molecule has 4 heteroatoms. The van der Waals surface area contributed by atoms with Crippen molar-refractivity contribution >= 4 is 5.97 Å². The van der Waals surface area contributed by atoms with Crippen LogP contribution in [0.5, 0.6) is 0 Å². The van der Waals surface area contributed by atoms with Gasteiger partial charge >= 0.3 is 5.97 Å². The summed E-state index contributed by atoms with van der Waals surface area (Å²) < 4.78 is 0. The van der Waals surface area contributed by atoms with E-state index in [2.05, 4.69) is 18.3 Å². The maximum atomic E-state index is 10.6. The fraction of sp³-hybridized carbons (Fsp3) is 0.846. The van der Waals surface area contributed by atoms with E-state index in [1.807, 2.05) is 0 Å². The van der Waals surface area contributed by atoms with Gasteiger partial charge in [0.1, 0.15) is 0 Å². The number of rotatable bonds is 10. The summed E-state index contributed by atoms with van der Waals surface area (Å²) in [6.07, 6.45) is 5.31. The molecule has 0 rings (SSSR count). The number of carbonyl (C=O) groups is 1. The molecular weight excluding hydrogens is 216 g/mol. The number of nitrogens with zero attached hydrogens (tertiary/aromatic N) is 1. The fourth-order valence-corrected chi connectivity index (χ4v) is 1.63. The Hall–Kier alpha value is -1.08. The minimum Gasteiger partial charge on any atom is -0.481 e. The van der Waals surface area contributed by atoms with Gasteiger partial charge in [-0.15, -0.1) is 0 Å². The Morgan fingerprint density at radius 2 is 2.00 bits per heavy atom. The van der Waals surface area contributed by atoms with E-state index in [1.54, 1.807) is 6.92 Å². The topological polar surface area (TPSA) is 73.1 Å². The van der Waals surface area contributed by atoms with Crippen LogP contribution in [-0.2, 0) is 4.79 Å². The lowest BCUT2D eigenvalue weighted by atomic mass is 10.0. The quantitative estimate of drug-likeness (QED) is 0.575. The average molecular weight is 240 g/mol. The zero-order valence-electron chi connectivity index (χ0n) is 10.9. The molecule has 0 bridgehead atoms. The van der Waals surface area contributed by atoms with E-state index in [0.717, 1.165) is 38.6 Å². The summed E-state index contributed by atoms with van der Waals surface area (Å²) in [5.41, 5.74) is 0. The van der Waals surface area contributed by atoms with Gasteiger partial charge in [-0.1, -0.05) is 13.3 Å². The molecule has 0 spiro atoms. The summed E-state index contributed by atoms with van der Waals surface area (Å²) in [5, 5.41) is 20.5. The van der Waals surface area contributed by atoms with Crippen LogP contribution < -0.4 is 5.32 Å². The van der Waals surface area contributed by atoms with Crippen LogP contribution in [0.2, 0.25) is 0 Å². The molecule has 0 aliphatic rings. The zero-order valence-corrected chi connectivity index (χ0v) is 10.9. The number of nitriles is 1. The predicted octanol–water partition coefficient (Wildman–Crippen LogP) is 2.55. The molecule has 17 heavy (non-hydrogen) atoms. The van der Waals surface area contributed by atoms with Gasteiger partial charge in [0.2, 0.25) is 0 Å². The maximum Gasteiger partial charge on any atom is 0.306 e. The van der Waals surface area contributed by atoms with Crippen LogP contribution in [0.25, 0.3) is 0 Å². The Kier molecular flexibility index (Phi) is 9.46. The van der Waals surface area contributed by atoms with Gasteiger partial charge in [-0.2, -0.15) is 5.26 Å². The van der Waals surface area contributed by atoms with Crippen molar-refractivity contribution in [2.75, 3.05) is 6.54 Å². The Morgan fingerprint density at radius 1 is 1.29 bits per heavy atom. The minimum absolute atomic E-state index is 0.238. The lowest BCUT2D eigenvalue weighted by Crippen LogP contribution is -2.27. The van der Waals surface area contributed by atoms with E-state index in [9.17, 15) is 4.79 Å². The molecular formula is C13H24N2O2. The van der Waals surface area contributed by atoms with Gasteiger partial charge in [-0.3, -0.25) is 4.79 Å².